The van der Waals surface area contributed by atoms with Crippen molar-refractivity contribution in [2.75, 3.05) is 7.11 Å². The average Bonchev–Trinajstić information content (AvgIpc) is 2.93. The molecule has 51 heavy (non-hydrogen) atoms. The van der Waals surface area contributed by atoms with Gasteiger partial charge in [0, 0.05) is 7.11 Å². The van der Waals surface area contributed by atoms with Crippen molar-refractivity contribution in [3.05, 3.63) is 0 Å². The molecule has 9 aliphatic rings. The van der Waals surface area contributed by atoms with Crippen molar-refractivity contribution in [3.8, 4) is 0 Å². The second kappa shape index (κ2) is 14.6. The van der Waals surface area contributed by atoms with E-state index in [0.29, 0.717) is 0 Å². The van der Waals surface area contributed by atoms with Crippen LogP contribution in [-0.4, -0.2) is 147 Å². The van der Waals surface area contributed by atoms with E-state index in [1.807, 2.05) is 91.7 Å². The van der Waals surface area contributed by atoms with Gasteiger partial charge in [0.15, 0.2) is 54.2 Å². The van der Waals surface area contributed by atoms with Gasteiger partial charge in [-0.2, -0.15) is 0 Å². The molecule has 0 aromatic carbocycles. The highest BCUT2D eigenvalue weighted by molar-refractivity contribution is 7.03. The van der Waals surface area contributed by atoms with E-state index in [9.17, 15) is 0 Å². The molecule has 9 bridgehead atoms. The van der Waals surface area contributed by atoms with Gasteiger partial charge in [0.2, 0.25) is 5.03 Å². The highest BCUT2D eigenvalue weighted by Crippen LogP contribution is 2.57. The highest BCUT2D eigenvalue weighted by atomic mass is 28.7. The number of hydrogen-bond acceptors (Lipinski definition) is 20. The van der Waals surface area contributed by atoms with Crippen LogP contribution in [0.2, 0.25) is 91.7 Å². The molecule has 0 aromatic heterocycles. The molecule has 9 fully saturated rings. The summed E-state index contributed by atoms with van der Waals surface area (Å²) in [6, 6.07) is 0. The number of rotatable bonds is 14. The lowest BCUT2D eigenvalue weighted by molar-refractivity contribution is -0.224. The van der Waals surface area contributed by atoms with E-state index in [1.54, 1.807) is 0 Å². The van der Waals surface area contributed by atoms with Gasteiger partial charge in [-0.15, -0.1) is 0 Å². The van der Waals surface area contributed by atoms with Crippen LogP contribution in [0.1, 0.15) is 0 Å². The molecule has 296 valence electrons. The summed E-state index contributed by atoms with van der Waals surface area (Å²) < 4.78 is 138. The molecule has 0 radical (unpaired) electrons. The summed E-state index contributed by atoms with van der Waals surface area (Å²) in [5.74, 6) is 0. The highest BCUT2D eigenvalue weighted by Gasteiger charge is 2.96. The summed E-state index contributed by atoms with van der Waals surface area (Å²) in [6.07, 6.45) is 0. The Hall–Kier alpha value is 2.45. The zero-order valence-corrected chi connectivity index (χ0v) is 47.8. The average molecular weight is 986 g/mol. The van der Waals surface area contributed by atoms with Gasteiger partial charge in [-0.3, -0.25) is 0 Å². The quantitative estimate of drug-likeness (QED) is 0.197. The second-order valence-electron chi connectivity index (χ2n) is 14.4. The molecule has 0 saturated carbocycles. The first-order valence-electron chi connectivity index (χ1n) is 17.2. The molecule has 1 spiro atoms. The van der Waals surface area contributed by atoms with E-state index in [2.05, 4.69) is 0 Å². The van der Waals surface area contributed by atoms with E-state index in [4.69, 9.17) is 83.2 Å². The molecule has 35 heteroatoms. The van der Waals surface area contributed by atoms with Crippen LogP contribution in [0.5, 0.6) is 0 Å². The van der Waals surface area contributed by atoms with E-state index in [-0.39, 0.29) is 0 Å². The summed E-state index contributed by atoms with van der Waals surface area (Å²) >= 11 is 0. The maximum Gasteiger partial charge on any atom is 0.671 e. The van der Waals surface area contributed by atoms with Crippen molar-refractivity contribution >= 4 is 135 Å². The van der Waals surface area contributed by atoms with Crippen LogP contribution >= 0.6 is 0 Å². The Morgan fingerprint density at radius 2 is 0.627 bits per heavy atom. The van der Waals surface area contributed by atoms with Gasteiger partial charge >= 0.3 is 72.1 Å². The molecule has 20 nitrogen and oxygen atoms in total. The molecular weight excluding hydrogens is 933 g/mol. The van der Waals surface area contributed by atoms with Crippen molar-refractivity contribution in [2.45, 2.75) is 96.7 Å². The smallest absolute Gasteiger partial charge is 0.417 e. The third-order valence-electron chi connectivity index (χ3n) is 7.05. The van der Waals surface area contributed by atoms with Gasteiger partial charge in [-0.05, 0) is 78.6 Å². The van der Waals surface area contributed by atoms with Crippen LogP contribution in [0.4, 0.5) is 0 Å². The Morgan fingerprint density at radius 1 is 0.353 bits per heavy atom. The zero-order chi connectivity index (χ0) is 37.7. The monoisotopic (exact) mass is 984 g/mol. The van der Waals surface area contributed by atoms with Crippen molar-refractivity contribution in [1.82, 2.24) is 0 Å². The third-order valence-corrected chi connectivity index (χ3v) is 55.6. The molecule has 9 rings (SSSR count). The second-order valence-corrected chi connectivity index (χ2v) is 54.9. The van der Waals surface area contributed by atoms with Gasteiger partial charge in [0.25, 0.3) is 0 Å². The van der Waals surface area contributed by atoms with Crippen LogP contribution in [-0.2, 0) is 83.2 Å². The Labute approximate surface area is 320 Å². The van der Waals surface area contributed by atoms with Crippen LogP contribution in [0, 0.1) is 0 Å². The molecule has 0 N–H and O–H groups in total. The SMILES string of the molecule is CO[Si]12O[Si]34OC([SiH](C)C)(O3)[Si@]3(O[SiH](C)C)O[Si@@](O[SiH](C)C)(O1)O[Si@@]1(O[SiH](C)C)O[Si](O[SiH](C)C)(O2)O[Si](O[SiH](C)C)(O4)O[Si@](O[SiH](C)C)(O1)O3. The lowest BCUT2D eigenvalue weighted by atomic mass is 11.4. The van der Waals surface area contributed by atoms with Crippen molar-refractivity contribution in [3.63, 3.8) is 0 Å². The first-order valence-corrected chi connectivity index (χ1v) is 49.9. The molecule has 7 atom stereocenters. The van der Waals surface area contributed by atoms with Crippen molar-refractivity contribution in [2.24, 2.45) is 0 Å². The summed E-state index contributed by atoms with van der Waals surface area (Å²) in [7, 11) is -51.6. The molecule has 0 aromatic rings. The molecule has 9 heterocycles. The fourth-order valence-corrected chi connectivity index (χ4v) is 68.2. The maximum absolute atomic E-state index is 7.33. The predicted molar refractivity (Wildman–Crippen MR) is 209 cm³/mol. The lowest BCUT2D eigenvalue weighted by Gasteiger charge is -2.58. The largest absolute Gasteiger partial charge is 0.671 e. The minimum Gasteiger partial charge on any atom is -0.417 e. The van der Waals surface area contributed by atoms with Crippen LogP contribution in [0.3, 0.4) is 0 Å². The Kier molecular flexibility index (Phi) is 12.3. The third kappa shape index (κ3) is 8.09. The van der Waals surface area contributed by atoms with Crippen molar-refractivity contribution < 1.29 is 83.2 Å². The van der Waals surface area contributed by atoms with E-state index in [0.717, 1.165) is 0 Å². The summed E-state index contributed by atoms with van der Waals surface area (Å²) in [5, 5.41) is -1.65. The molecule has 0 aliphatic carbocycles. The Bertz CT molecular complexity index is 1300. The first kappa shape index (κ1) is 43.0. The molecule has 0 amide bonds. The molecule has 9 aliphatic heterocycles. The molecular formula is C16H52O20Si15. The molecule has 3 unspecified atom stereocenters. The van der Waals surface area contributed by atoms with Crippen LogP contribution in [0.15, 0.2) is 0 Å². The standard InChI is InChI=1S/C16H52O20Si15/c1-17-45-28-46-18-16(19-46,37(2)3)44(20-38(4)5)26-47(29-45,21-39(6)7)32-51(25-43(14)15)34-48(27-44,22-40(8)9)33-50(31-46,24-42(12)13)35-49(30-45,36-51)23-41(10)11/h37-43H,1-15H3/t16?,44-,45?,46?,47-,48+,49?,50?,51+/m0/s1. The lowest BCUT2D eigenvalue weighted by Crippen LogP contribution is -2.89. The first-order chi connectivity index (χ1) is 23.4. The number of hydrogen-bond donors (Lipinski definition) is 0. The predicted octanol–water partition coefficient (Wildman–Crippen LogP) is -0.820. The minimum atomic E-state index is -4.78. The normalized spacial score (nSPS) is 46.2. The summed E-state index contributed by atoms with van der Waals surface area (Å²) in [4.78, 5) is 0. The van der Waals surface area contributed by atoms with Crippen LogP contribution < -0.4 is 0 Å². The minimum absolute atomic E-state index is 1.35. The summed E-state index contributed by atoms with van der Waals surface area (Å²) in [6.45, 7) is 27.3. The zero-order valence-electron chi connectivity index (χ0n) is 31.7. The fourth-order valence-electron chi connectivity index (χ4n) is 5.81. The Balaban J connectivity index is 1.78. The Morgan fingerprint density at radius 3 is 0.922 bits per heavy atom. The van der Waals surface area contributed by atoms with E-state index < -0.39 is 140 Å². The van der Waals surface area contributed by atoms with Gasteiger partial charge in [-0.1, -0.05) is 13.1 Å². The van der Waals surface area contributed by atoms with E-state index >= 15 is 0 Å². The van der Waals surface area contributed by atoms with Crippen molar-refractivity contribution in [1.29, 1.82) is 0 Å². The van der Waals surface area contributed by atoms with Crippen LogP contribution in [0.25, 0.3) is 0 Å². The van der Waals surface area contributed by atoms with Gasteiger partial charge < -0.3 is 83.2 Å². The summed E-state index contributed by atoms with van der Waals surface area (Å²) in [5.41, 5.74) is 0. The van der Waals surface area contributed by atoms with E-state index in [1.165, 1.54) is 7.11 Å². The van der Waals surface area contributed by atoms with Gasteiger partial charge in [0.1, 0.15) is 8.80 Å². The topological polar surface area (TPSA) is 185 Å². The fraction of sp³-hybridized carbons (Fsp3) is 1.00. The molecule has 9 saturated heterocycles. The van der Waals surface area contributed by atoms with Gasteiger partial charge in [-0.25, -0.2) is 0 Å². The maximum atomic E-state index is 7.33. The van der Waals surface area contributed by atoms with Gasteiger partial charge in [0.05, 0.1) is 0 Å².